The predicted molar refractivity (Wildman–Crippen MR) is 138 cm³/mol. The van der Waals surface area contributed by atoms with Crippen molar-refractivity contribution in [1.29, 1.82) is 0 Å². The highest BCUT2D eigenvalue weighted by atomic mass is 19.4. The van der Waals surface area contributed by atoms with Gasteiger partial charge in [-0.25, -0.2) is 4.98 Å². The maximum atomic E-state index is 12.9. The van der Waals surface area contributed by atoms with Crippen LogP contribution in [0.1, 0.15) is 42.4 Å². The summed E-state index contributed by atoms with van der Waals surface area (Å²) in [5.74, 6) is -1.12. The lowest BCUT2D eigenvalue weighted by Gasteiger charge is -2.39. The van der Waals surface area contributed by atoms with Gasteiger partial charge in [-0.2, -0.15) is 43.9 Å². The van der Waals surface area contributed by atoms with Gasteiger partial charge < -0.3 is 9.64 Å². The van der Waals surface area contributed by atoms with E-state index in [1.807, 2.05) is 4.90 Å². The van der Waals surface area contributed by atoms with E-state index in [9.17, 15) is 64.1 Å². The minimum Gasteiger partial charge on any atom is -0.483 e. The fourth-order valence-corrected chi connectivity index (χ4v) is 5.25. The van der Waals surface area contributed by atoms with Gasteiger partial charge in [0.2, 0.25) is 5.82 Å². The Labute approximate surface area is 251 Å². The van der Waals surface area contributed by atoms with Gasteiger partial charge in [-0.05, 0) is 49.2 Å². The number of piperidine rings is 1. The molecule has 2 aromatic carbocycles. The van der Waals surface area contributed by atoms with Crippen LogP contribution in [0.2, 0.25) is 0 Å². The summed E-state index contributed by atoms with van der Waals surface area (Å²) in [4.78, 5) is 25.1. The maximum absolute atomic E-state index is 12.9. The molecule has 0 spiro atoms. The second-order valence-electron chi connectivity index (χ2n) is 10.3. The summed E-state index contributed by atoms with van der Waals surface area (Å²) in [5.41, 5.74) is -5.18. The van der Waals surface area contributed by atoms with Crippen molar-refractivity contribution in [2.24, 2.45) is 0 Å². The molecule has 2 aliphatic heterocycles. The number of anilines is 1. The molecule has 2 saturated heterocycles. The van der Waals surface area contributed by atoms with Crippen LogP contribution >= 0.6 is 0 Å². The third kappa shape index (κ3) is 7.74. The summed E-state index contributed by atoms with van der Waals surface area (Å²) in [6.45, 7) is 0. The summed E-state index contributed by atoms with van der Waals surface area (Å²) in [6, 6.07) is 5.24. The van der Waals surface area contributed by atoms with Crippen molar-refractivity contribution in [2.75, 3.05) is 4.90 Å². The highest BCUT2D eigenvalue weighted by molar-refractivity contribution is 5.50. The lowest BCUT2D eigenvalue weighted by atomic mass is 9.99. The molecule has 0 radical (unpaired) electrons. The standard InChI is InChI=1S/C20H17F6N3O3.C7H3F4NO2/c21-19(22,23)11-1-5-17(16(7-11)29(30)31)32-15-8-13-3-4-14(9-15)28(13)18-6-2-12(10-27-18)20(24,25)26;8-5-2-1-4(7(9,10)11)3-6(5)12(13)14/h1-2,5-7,10,13-15H,3-4,8-9H2;1-3H/t13-,14+,15?;. The van der Waals surface area contributed by atoms with Crippen molar-refractivity contribution in [2.45, 2.75) is 62.4 Å². The van der Waals surface area contributed by atoms with Crippen molar-refractivity contribution in [3.05, 3.63) is 97.5 Å². The lowest BCUT2D eigenvalue weighted by molar-refractivity contribution is -0.387. The third-order valence-corrected chi connectivity index (χ3v) is 7.28. The average Bonchev–Trinajstić information content (AvgIpc) is 3.21. The number of benzene rings is 2. The summed E-state index contributed by atoms with van der Waals surface area (Å²) < 4.78 is 131. The number of nitrogens with zero attached hydrogens (tertiary/aromatic N) is 4. The van der Waals surface area contributed by atoms with Crippen LogP contribution in [0.25, 0.3) is 0 Å². The first-order valence-electron chi connectivity index (χ1n) is 13.1. The number of alkyl halides is 9. The molecule has 9 nitrogen and oxygen atoms in total. The Bertz CT molecular complexity index is 1580. The zero-order valence-electron chi connectivity index (χ0n) is 22.9. The lowest BCUT2D eigenvalue weighted by Crippen LogP contribution is -2.46. The number of pyridine rings is 1. The zero-order valence-corrected chi connectivity index (χ0v) is 22.9. The summed E-state index contributed by atoms with van der Waals surface area (Å²) >= 11 is 0. The Balaban J connectivity index is 0.000000288. The largest absolute Gasteiger partial charge is 0.483 e. The van der Waals surface area contributed by atoms with Crippen molar-refractivity contribution in [3.63, 3.8) is 0 Å². The van der Waals surface area contributed by atoms with Gasteiger partial charge >= 0.3 is 29.9 Å². The van der Waals surface area contributed by atoms with Gasteiger partial charge in [0.25, 0.3) is 0 Å². The molecule has 3 heterocycles. The second kappa shape index (κ2) is 12.6. The Morgan fingerprint density at radius 3 is 1.65 bits per heavy atom. The molecule has 248 valence electrons. The van der Waals surface area contributed by atoms with E-state index in [0.29, 0.717) is 36.9 Å². The molecule has 0 aliphatic carbocycles. The molecule has 5 rings (SSSR count). The summed E-state index contributed by atoms with van der Waals surface area (Å²) in [5, 5.41) is 21.4. The van der Waals surface area contributed by atoms with Crippen LogP contribution in [-0.4, -0.2) is 33.0 Å². The quantitative estimate of drug-likeness (QED) is 0.152. The topological polar surface area (TPSA) is 112 Å². The molecule has 0 saturated carbocycles. The first-order valence-corrected chi connectivity index (χ1v) is 13.1. The van der Waals surface area contributed by atoms with E-state index < -0.39 is 68.4 Å². The van der Waals surface area contributed by atoms with Crippen LogP contribution < -0.4 is 9.64 Å². The van der Waals surface area contributed by atoms with Crippen LogP contribution in [0.4, 0.5) is 61.1 Å². The number of fused-ring (bicyclic) bond motifs is 2. The summed E-state index contributed by atoms with van der Waals surface area (Å²) in [7, 11) is 0. The molecule has 1 aromatic heterocycles. The first kappa shape index (κ1) is 34.2. The molecule has 19 heteroatoms. The highest BCUT2D eigenvalue weighted by Crippen LogP contribution is 2.42. The predicted octanol–water partition coefficient (Wildman–Crippen LogP) is 8.36. The minimum absolute atomic E-state index is 0.100. The molecule has 46 heavy (non-hydrogen) atoms. The molecule has 2 aliphatic rings. The number of ether oxygens (including phenoxy) is 1. The monoisotopic (exact) mass is 670 g/mol. The van der Waals surface area contributed by atoms with Crippen LogP contribution in [-0.2, 0) is 18.5 Å². The second-order valence-corrected chi connectivity index (χ2v) is 10.3. The number of rotatable bonds is 5. The van der Waals surface area contributed by atoms with Gasteiger partial charge in [0, 0.05) is 43.3 Å². The van der Waals surface area contributed by atoms with Gasteiger partial charge in [-0.3, -0.25) is 20.2 Å². The van der Waals surface area contributed by atoms with Gasteiger partial charge in [0.05, 0.1) is 26.5 Å². The Morgan fingerprint density at radius 1 is 0.717 bits per heavy atom. The Kier molecular flexibility index (Phi) is 9.35. The number of nitro benzene ring substituents is 2. The van der Waals surface area contributed by atoms with Crippen molar-refractivity contribution in [3.8, 4) is 5.75 Å². The van der Waals surface area contributed by atoms with Crippen LogP contribution in [0.15, 0.2) is 54.7 Å². The smallest absolute Gasteiger partial charge is 0.417 e. The van der Waals surface area contributed by atoms with E-state index in [0.717, 1.165) is 37.2 Å². The number of halogens is 10. The molecule has 0 N–H and O–H groups in total. The van der Waals surface area contributed by atoms with Crippen molar-refractivity contribution in [1.82, 2.24) is 4.98 Å². The molecule has 0 amide bonds. The first-order chi connectivity index (χ1) is 21.3. The van der Waals surface area contributed by atoms with E-state index in [1.54, 1.807) is 0 Å². The molecular formula is C27H20F10N4O5. The van der Waals surface area contributed by atoms with Crippen LogP contribution in [0, 0.1) is 26.0 Å². The number of hydrogen-bond acceptors (Lipinski definition) is 7. The molecule has 3 aromatic rings. The van der Waals surface area contributed by atoms with E-state index in [4.69, 9.17) is 4.74 Å². The molecule has 3 atom stereocenters. The third-order valence-electron chi connectivity index (χ3n) is 7.28. The molecule has 2 bridgehead atoms. The Hall–Kier alpha value is -4.71. The molecule has 1 unspecified atom stereocenters. The SMILES string of the molecule is O=[N+]([O-])c1cc(C(F)(F)F)ccc1F.O=[N+]([O-])c1cc(C(F)(F)F)ccc1OC1C[C@H]2CC[C@@H](C1)N2c1ccc(C(F)(F)F)cn1. The van der Waals surface area contributed by atoms with Gasteiger partial charge in [-0.15, -0.1) is 0 Å². The average molecular weight is 670 g/mol. The Morgan fingerprint density at radius 2 is 1.20 bits per heavy atom. The van der Waals surface area contributed by atoms with E-state index in [1.165, 1.54) is 6.07 Å². The van der Waals surface area contributed by atoms with Gasteiger partial charge in [-0.1, -0.05) is 0 Å². The molecular weight excluding hydrogens is 650 g/mol. The number of nitro groups is 2. The highest BCUT2D eigenvalue weighted by Gasteiger charge is 2.43. The van der Waals surface area contributed by atoms with Gasteiger partial charge in [0.15, 0.2) is 5.75 Å². The van der Waals surface area contributed by atoms with Crippen LogP contribution in [0.3, 0.4) is 0 Å². The summed E-state index contributed by atoms with van der Waals surface area (Å²) in [6.07, 6.45) is -11.3. The minimum atomic E-state index is -4.72. The van der Waals surface area contributed by atoms with Crippen molar-refractivity contribution >= 4 is 17.2 Å². The number of hydrogen-bond donors (Lipinski definition) is 0. The van der Waals surface area contributed by atoms with E-state index >= 15 is 0 Å². The number of aromatic nitrogens is 1. The normalized spacial score (nSPS) is 19.7. The zero-order chi connectivity index (χ0) is 34.2. The molecule has 2 fully saturated rings. The van der Waals surface area contributed by atoms with Crippen LogP contribution in [0.5, 0.6) is 5.75 Å². The van der Waals surface area contributed by atoms with Gasteiger partial charge in [0.1, 0.15) is 11.9 Å². The van der Waals surface area contributed by atoms with E-state index in [2.05, 4.69) is 4.98 Å². The maximum Gasteiger partial charge on any atom is 0.417 e. The fraction of sp³-hybridized carbons (Fsp3) is 0.370. The van der Waals surface area contributed by atoms with E-state index in [-0.39, 0.29) is 23.9 Å². The fourth-order valence-electron chi connectivity index (χ4n) is 5.25. The van der Waals surface area contributed by atoms with Crippen molar-refractivity contribution < 1.29 is 58.5 Å².